The number of fused-ring (bicyclic) bond motifs is 3. The molecule has 0 aliphatic carbocycles. The van der Waals surface area contributed by atoms with Crippen LogP contribution in [0.4, 0.5) is 0 Å². The van der Waals surface area contributed by atoms with Crippen LogP contribution in [-0.2, 0) is 13.0 Å². The molecule has 0 saturated heterocycles. The Labute approximate surface area is 136 Å². The van der Waals surface area contributed by atoms with Gasteiger partial charge in [0, 0.05) is 49.2 Å². The van der Waals surface area contributed by atoms with Gasteiger partial charge in [0.2, 0.25) is 0 Å². The molecule has 1 aliphatic rings. The normalized spacial score (nSPS) is 15.4. The molecule has 3 aromatic rings. The van der Waals surface area contributed by atoms with Crippen molar-refractivity contribution in [2.24, 2.45) is 0 Å². The van der Waals surface area contributed by atoms with Crippen molar-refractivity contribution in [3.63, 3.8) is 0 Å². The van der Waals surface area contributed by atoms with E-state index in [0.717, 1.165) is 25.2 Å². The van der Waals surface area contributed by atoms with E-state index in [2.05, 4.69) is 57.8 Å². The Hall–Kier alpha value is -2.46. The third-order valence-corrected chi connectivity index (χ3v) is 4.51. The second kappa shape index (κ2) is 5.63. The summed E-state index contributed by atoms with van der Waals surface area (Å²) < 4.78 is 2.33. The molecule has 4 heteroatoms. The zero-order valence-electron chi connectivity index (χ0n) is 13.5. The van der Waals surface area contributed by atoms with Crippen molar-refractivity contribution in [2.45, 2.75) is 19.9 Å². The summed E-state index contributed by atoms with van der Waals surface area (Å²) in [5.41, 5.74) is 6.34. The molecule has 0 unspecified atom stereocenters. The first-order chi connectivity index (χ1) is 11.2. The molecule has 0 fully saturated rings. The number of hydrogen-bond acceptors (Lipinski definition) is 3. The predicted octanol–water partition coefficient (Wildman–Crippen LogP) is 3.36. The van der Waals surface area contributed by atoms with E-state index in [0.29, 0.717) is 0 Å². The zero-order chi connectivity index (χ0) is 15.8. The van der Waals surface area contributed by atoms with Crippen LogP contribution in [0, 0.1) is 6.92 Å². The van der Waals surface area contributed by atoms with Gasteiger partial charge in [-0.25, -0.2) is 0 Å². The molecular formula is C19H20N4. The Balaban J connectivity index is 1.87. The van der Waals surface area contributed by atoms with Crippen molar-refractivity contribution in [2.75, 3.05) is 13.6 Å². The Morgan fingerprint density at radius 3 is 2.96 bits per heavy atom. The second-order valence-electron chi connectivity index (χ2n) is 6.25. The minimum Gasteiger partial charge on any atom is -0.320 e. The van der Waals surface area contributed by atoms with E-state index in [-0.39, 0.29) is 0 Å². The van der Waals surface area contributed by atoms with Crippen LogP contribution in [0.15, 0.2) is 36.8 Å². The van der Waals surface area contributed by atoms with E-state index in [4.69, 9.17) is 0 Å². The lowest BCUT2D eigenvalue weighted by atomic mass is 10.0. The van der Waals surface area contributed by atoms with Gasteiger partial charge in [0.25, 0.3) is 0 Å². The number of likely N-dealkylation sites (N-methyl/N-ethyl adjacent to an activating group) is 1. The van der Waals surface area contributed by atoms with Gasteiger partial charge in [-0.3, -0.25) is 9.97 Å². The fourth-order valence-electron chi connectivity index (χ4n) is 3.36. The van der Waals surface area contributed by atoms with Gasteiger partial charge in [0.05, 0.1) is 17.4 Å². The first-order valence-electron chi connectivity index (χ1n) is 7.97. The Morgan fingerprint density at radius 2 is 2.13 bits per heavy atom. The third-order valence-electron chi connectivity index (χ3n) is 4.51. The maximum atomic E-state index is 4.33. The van der Waals surface area contributed by atoms with Crippen LogP contribution in [0.5, 0.6) is 0 Å². The van der Waals surface area contributed by atoms with Crippen LogP contribution < -0.4 is 0 Å². The number of aryl methyl sites for hydroxylation is 1. The molecule has 1 aliphatic heterocycles. The molecule has 0 atom stereocenters. The Morgan fingerprint density at radius 1 is 1.22 bits per heavy atom. The summed E-state index contributed by atoms with van der Waals surface area (Å²) >= 11 is 0. The van der Waals surface area contributed by atoms with Gasteiger partial charge in [0.1, 0.15) is 0 Å². The fourth-order valence-corrected chi connectivity index (χ4v) is 3.36. The summed E-state index contributed by atoms with van der Waals surface area (Å²) in [4.78, 5) is 10.8. The SMILES string of the molecule is Cc1ccc2c(c1)c1c(n2C=Cc2cnccn2)CCN(C)C1. The van der Waals surface area contributed by atoms with E-state index in [1.54, 1.807) is 18.6 Å². The first-order valence-corrected chi connectivity index (χ1v) is 7.97. The summed E-state index contributed by atoms with van der Waals surface area (Å²) in [7, 11) is 2.19. The molecule has 0 N–H and O–H groups in total. The number of hydrogen-bond donors (Lipinski definition) is 0. The highest BCUT2D eigenvalue weighted by molar-refractivity contribution is 5.89. The van der Waals surface area contributed by atoms with Gasteiger partial charge in [-0.05, 0) is 37.7 Å². The summed E-state index contributed by atoms with van der Waals surface area (Å²) in [6, 6.07) is 6.72. The van der Waals surface area contributed by atoms with Crippen LogP contribution in [0.3, 0.4) is 0 Å². The first kappa shape index (κ1) is 14.2. The summed E-state index contributed by atoms with van der Waals surface area (Å²) in [6.45, 7) is 4.27. The summed E-state index contributed by atoms with van der Waals surface area (Å²) in [5, 5.41) is 1.37. The molecule has 23 heavy (non-hydrogen) atoms. The van der Waals surface area contributed by atoms with Crippen LogP contribution in [-0.4, -0.2) is 33.0 Å². The standard InChI is InChI=1S/C19H20N4/c1-14-3-4-18-16(11-14)17-13-22(2)9-6-19(17)23(18)10-5-15-12-20-7-8-21-15/h3-5,7-8,10-12H,6,9,13H2,1-2H3. The lowest BCUT2D eigenvalue weighted by Gasteiger charge is -2.23. The van der Waals surface area contributed by atoms with Crippen molar-refractivity contribution in [3.05, 3.63) is 59.3 Å². The highest BCUT2D eigenvalue weighted by atomic mass is 15.1. The van der Waals surface area contributed by atoms with Crippen LogP contribution in [0.1, 0.15) is 22.5 Å². The van der Waals surface area contributed by atoms with Crippen molar-refractivity contribution >= 4 is 23.2 Å². The molecule has 0 spiro atoms. The van der Waals surface area contributed by atoms with E-state index >= 15 is 0 Å². The van der Waals surface area contributed by atoms with Gasteiger partial charge < -0.3 is 9.47 Å². The molecule has 1 aromatic carbocycles. The smallest absolute Gasteiger partial charge is 0.0827 e. The molecule has 4 rings (SSSR count). The van der Waals surface area contributed by atoms with E-state index < -0.39 is 0 Å². The maximum absolute atomic E-state index is 4.33. The minimum absolute atomic E-state index is 0.878. The van der Waals surface area contributed by atoms with Crippen molar-refractivity contribution < 1.29 is 0 Å². The molecule has 0 saturated carbocycles. The topological polar surface area (TPSA) is 34.0 Å². The van der Waals surface area contributed by atoms with Crippen molar-refractivity contribution in [3.8, 4) is 0 Å². The average Bonchev–Trinajstić information content (AvgIpc) is 2.86. The highest BCUT2D eigenvalue weighted by Gasteiger charge is 2.21. The number of aromatic nitrogens is 3. The van der Waals surface area contributed by atoms with Gasteiger partial charge in [-0.15, -0.1) is 0 Å². The van der Waals surface area contributed by atoms with Crippen LogP contribution in [0.25, 0.3) is 23.2 Å². The molecule has 0 amide bonds. The lowest BCUT2D eigenvalue weighted by Crippen LogP contribution is -2.26. The number of rotatable bonds is 2. The largest absolute Gasteiger partial charge is 0.320 e. The van der Waals surface area contributed by atoms with Gasteiger partial charge >= 0.3 is 0 Å². The molecule has 116 valence electrons. The van der Waals surface area contributed by atoms with Gasteiger partial charge in [-0.2, -0.15) is 0 Å². The molecular weight excluding hydrogens is 284 g/mol. The Kier molecular flexibility index (Phi) is 3.46. The maximum Gasteiger partial charge on any atom is 0.0827 e. The summed E-state index contributed by atoms with van der Waals surface area (Å²) in [6.07, 6.45) is 10.4. The lowest BCUT2D eigenvalue weighted by molar-refractivity contribution is 0.312. The monoisotopic (exact) mass is 304 g/mol. The van der Waals surface area contributed by atoms with Crippen LogP contribution in [0.2, 0.25) is 0 Å². The predicted molar refractivity (Wildman–Crippen MR) is 94.0 cm³/mol. The van der Waals surface area contributed by atoms with Crippen molar-refractivity contribution in [1.82, 2.24) is 19.4 Å². The average molecular weight is 304 g/mol. The summed E-state index contributed by atoms with van der Waals surface area (Å²) in [5.74, 6) is 0. The molecule has 0 radical (unpaired) electrons. The van der Waals surface area contributed by atoms with Crippen LogP contribution >= 0.6 is 0 Å². The van der Waals surface area contributed by atoms with Gasteiger partial charge in [-0.1, -0.05) is 11.6 Å². The quantitative estimate of drug-likeness (QED) is 0.728. The highest BCUT2D eigenvalue weighted by Crippen LogP contribution is 2.31. The molecule has 2 aromatic heterocycles. The minimum atomic E-state index is 0.878. The molecule has 3 heterocycles. The fraction of sp³-hybridized carbons (Fsp3) is 0.263. The zero-order valence-corrected chi connectivity index (χ0v) is 13.5. The van der Waals surface area contributed by atoms with E-state index in [1.807, 2.05) is 6.08 Å². The second-order valence-corrected chi connectivity index (χ2v) is 6.25. The number of nitrogens with zero attached hydrogens (tertiary/aromatic N) is 4. The molecule has 4 nitrogen and oxygen atoms in total. The van der Waals surface area contributed by atoms with E-state index in [1.165, 1.54) is 27.7 Å². The Bertz CT molecular complexity index is 877. The van der Waals surface area contributed by atoms with Crippen molar-refractivity contribution in [1.29, 1.82) is 0 Å². The third kappa shape index (κ3) is 2.55. The number of benzene rings is 1. The molecule has 0 bridgehead atoms. The van der Waals surface area contributed by atoms with Gasteiger partial charge in [0.15, 0.2) is 0 Å². The van der Waals surface area contributed by atoms with E-state index in [9.17, 15) is 0 Å².